The molecule has 1 aliphatic rings. The molecule has 1 aromatic carbocycles. The zero-order chi connectivity index (χ0) is 11.7. The number of nitro groups is 1. The van der Waals surface area contributed by atoms with Crippen molar-refractivity contribution >= 4 is 5.69 Å². The van der Waals surface area contributed by atoms with Crippen LogP contribution < -0.4 is 0 Å². The number of hydrogen-bond acceptors (Lipinski definition) is 3. The lowest BCUT2D eigenvalue weighted by atomic mass is 9.95. The molecule has 16 heavy (non-hydrogen) atoms. The third-order valence-corrected chi connectivity index (χ3v) is 3.22. The van der Waals surface area contributed by atoms with Gasteiger partial charge in [0.1, 0.15) is 0 Å². The molecule has 0 N–H and O–H groups in total. The SMILES string of the molecule is CC1CN(C)CCc2ccc([N+](=O)[O-])cc21. The molecular formula is C12H16N2O2. The first-order valence-electron chi connectivity index (χ1n) is 5.53. The minimum absolute atomic E-state index is 0.204. The summed E-state index contributed by atoms with van der Waals surface area (Å²) < 4.78 is 0. The maximum Gasteiger partial charge on any atom is 0.269 e. The van der Waals surface area contributed by atoms with E-state index >= 15 is 0 Å². The molecule has 0 spiro atoms. The first-order valence-corrected chi connectivity index (χ1v) is 5.53. The number of likely N-dealkylation sites (N-methyl/N-ethyl adjacent to an activating group) is 1. The van der Waals surface area contributed by atoms with Gasteiger partial charge in [0.15, 0.2) is 0 Å². The Morgan fingerprint density at radius 2 is 2.25 bits per heavy atom. The Labute approximate surface area is 95.0 Å². The molecule has 86 valence electrons. The molecule has 0 fully saturated rings. The summed E-state index contributed by atoms with van der Waals surface area (Å²) in [5.41, 5.74) is 2.59. The van der Waals surface area contributed by atoms with Crippen molar-refractivity contribution in [3.8, 4) is 0 Å². The van der Waals surface area contributed by atoms with E-state index in [1.165, 1.54) is 5.56 Å². The van der Waals surface area contributed by atoms with E-state index in [0.717, 1.165) is 25.1 Å². The van der Waals surface area contributed by atoms with Crippen molar-refractivity contribution < 1.29 is 4.92 Å². The molecule has 4 heteroatoms. The highest BCUT2D eigenvalue weighted by molar-refractivity contribution is 5.42. The summed E-state index contributed by atoms with van der Waals surface area (Å²) in [5, 5.41) is 10.7. The highest BCUT2D eigenvalue weighted by atomic mass is 16.6. The van der Waals surface area contributed by atoms with E-state index in [-0.39, 0.29) is 10.6 Å². The quantitative estimate of drug-likeness (QED) is 0.538. The van der Waals surface area contributed by atoms with Gasteiger partial charge in [-0.3, -0.25) is 10.1 Å². The fraction of sp³-hybridized carbons (Fsp3) is 0.500. The van der Waals surface area contributed by atoms with Crippen LogP contribution in [-0.4, -0.2) is 30.0 Å². The molecule has 0 bridgehead atoms. The summed E-state index contributed by atoms with van der Waals surface area (Å²) in [5.74, 6) is 0.363. The molecule has 1 aromatic rings. The van der Waals surface area contributed by atoms with Gasteiger partial charge in [-0.1, -0.05) is 13.0 Å². The molecule has 0 aromatic heterocycles. The number of nitrogens with zero attached hydrogens (tertiary/aromatic N) is 2. The van der Waals surface area contributed by atoms with Crippen LogP contribution in [0.3, 0.4) is 0 Å². The minimum Gasteiger partial charge on any atom is -0.305 e. The second-order valence-corrected chi connectivity index (χ2v) is 4.55. The van der Waals surface area contributed by atoms with Crippen LogP contribution in [0.4, 0.5) is 5.69 Å². The standard InChI is InChI=1S/C12H16N2O2/c1-9-8-13(2)6-5-10-3-4-11(14(15)16)7-12(9)10/h3-4,7,9H,5-6,8H2,1-2H3. The van der Waals surface area contributed by atoms with Crippen LogP contribution in [0.25, 0.3) is 0 Å². The van der Waals surface area contributed by atoms with Crippen LogP contribution in [0.5, 0.6) is 0 Å². The zero-order valence-corrected chi connectivity index (χ0v) is 9.64. The molecular weight excluding hydrogens is 204 g/mol. The minimum atomic E-state index is -0.318. The molecule has 0 amide bonds. The van der Waals surface area contributed by atoms with Crippen molar-refractivity contribution in [2.75, 3.05) is 20.1 Å². The van der Waals surface area contributed by atoms with Gasteiger partial charge < -0.3 is 4.90 Å². The lowest BCUT2D eigenvalue weighted by Gasteiger charge is -2.16. The van der Waals surface area contributed by atoms with E-state index in [1.807, 2.05) is 6.07 Å². The number of nitro benzene ring substituents is 1. The van der Waals surface area contributed by atoms with Crippen LogP contribution >= 0.6 is 0 Å². The van der Waals surface area contributed by atoms with E-state index in [4.69, 9.17) is 0 Å². The predicted molar refractivity (Wildman–Crippen MR) is 62.7 cm³/mol. The number of hydrogen-bond donors (Lipinski definition) is 0. The normalized spacial score (nSPS) is 21.2. The lowest BCUT2D eigenvalue weighted by Crippen LogP contribution is -2.22. The van der Waals surface area contributed by atoms with Crippen LogP contribution in [0.15, 0.2) is 18.2 Å². The van der Waals surface area contributed by atoms with E-state index in [0.29, 0.717) is 5.92 Å². The largest absolute Gasteiger partial charge is 0.305 e. The van der Waals surface area contributed by atoms with Crippen molar-refractivity contribution in [2.24, 2.45) is 0 Å². The first-order chi connectivity index (χ1) is 7.58. The Hall–Kier alpha value is -1.42. The smallest absolute Gasteiger partial charge is 0.269 e. The maximum absolute atomic E-state index is 10.7. The van der Waals surface area contributed by atoms with Crippen LogP contribution in [0.2, 0.25) is 0 Å². The van der Waals surface area contributed by atoms with Gasteiger partial charge in [0.2, 0.25) is 0 Å². The van der Waals surface area contributed by atoms with Gasteiger partial charge in [0.05, 0.1) is 4.92 Å². The topological polar surface area (TPSA) is 46.4 Å². The lowest BCUT2D eigenvalue weighted by molar-refractivity contribution is -0.384. The van der Waals surface area contributed by atoms with Gasteiger partial charge in [-0.2, -0.15) is 0 Å². The van der Waals surface area contributed by atoms with Gasteiger partial charge in [0, 0.05) is 25.2 Å². The summed E-state index contributed by atoms with van der Waals surface area (Å²) in [6, 6.07) is 5.25. The van der Waals surface area contributed by atoms with Gasteiger partial charge >= 0.3 is 0 Å². The zero-order valence-electron chi connectivity index (χ0n) is 9.64. The molecule has 4 nitrogen and oxygen atoms in total. The summed E-state index contributed by atoms with van der Waals surface area (Å²) in [7, 11) is 2.09. The summed E-state index contributed by atoms with van der Waals surface area (Å²) in [4.78, 5) is 12.7. The third kappa shape index (κ3) is 2.07. The molecule has 1 atom stereocenters. The molecule has 0 saturated carbocycles. The van der Waals surface area contributed by atoms with Crippen molar-refractivity contribution in [2.45, 2.75) is 19.3 Å². The Bertz CT molecular complexity index is 417. The van der Waals surface area contributed by atoms with Crippen LogP contribution in [0.1, 0.15) is 24.0 Å². The fourth-order valence-electron chi connectivity index (χ4n) is 2.35. The average molecular weight is 220 g/mol. The highest BCUT2D eigenvalue weighted by Crippen LogP contribution is 2.28. The Balaban J connectivity index is 2.41. The molecule has 0 radical (unpaired) electrons. The molecule has 1 unspecified atom stereocenters. The Kier molecular flexibility index (Phi) is 2.92. The van der Waals surface area contributed by atoms with E-state index in [9.17, 15) is 10.1 Å². The van der Waals surface area contributed by atoms with Crippen LogP contribution in [0, 0.1) is 10.1 Å². The molecule has 0 saturated heterocycles. The number of rotatable bonds is 1. The summed E-state index contributed by atoms with van der Waals surface area (Å²) >= 11 is 0. The first kappa shape index (κ1) is 11.1. The van der Waals surface area contributed by atoms with E-state index in [2.05, 4.69) is 18.9 Å². The summed E-state index contributed by atoms with van der Waals surface area (Å²) in [6.45, 7) is 4.12. The molecule has 0 aliphatic carbocycles. The third-order valence-electron chi connectivity index (χ3n) is 3.22. The van der Waals surface area contributed by atoms with Gasteiger partial charge in [-0.15, -0.1) is 0 Å². The second-order valence-electron chi connectivity index (χ2n) is 4.55. The van der Waals surface area contributed by atoms with Gasteiger partial charge in [0.25, 0.3) is 5.69 Å². The van der Waals surface area contributed by atoms with Crippen molar-refractivity contribution in [3.05, 3.63) is 39.4 Å². The number of fused-ring (bicyclic) bond motifs is 1. The fourth-order valence-corrected chi connectivity index (χ4v) is 2.35. The number of non-ortho nitro benzene ring substituents is 1. The van der Waals surface area contributed by atoms with Crippen molar-refractivity contribution in [3.63, 3.8) is 0 Å². The molecule has 1 aliphatic heterocycles. The van der Waals surface area contributed by atoms with Crippen LogP contribution in [-0.2, 0) is 6.42 Å². The van der Waals surface area contributed by atoms with Gasteiger partial charge in [-0.25, -0.2) is 0 Å². The summed E-state index contributed by atoms with van der Waals surface area (Å²) in [6.07, 6.45) is 0.980. The van der Waals surface area contributed by atoms with Crippen molar-refractivity contribution in [1.82, 2.24) is 4.90 Å². The van der Waals surface area contributed by atoms with E-state index < -0.39 is 0 Å². The average Bonchev–Trinajstić information content (AvgIpc) is 2.38. The number of benzene rings is 1. The molecule has 2 rings (SSSR count). The highest BCUT2D eigenvalue weighted by Gasteiger charge is 2.20. The van der Waals surface area contributed by atoms with E-state index in [1.54, 1.807) is 12.1 Å². The van der Waals surface area contributed by atoms with Gasteiger partial charge in [-0.05, 0) is 30.5 Å². The van der Waals surface area contributed by atoms with Crippen molar-refractivity contribution in [1.29, 1.82) is 0 Å². The Morgan fingerprint density at radius 1 is 1.50 bits per heavy atom. The molecule has 1 heterocycles. The predicted octanol–water partition coefficient (Wildman–Crippen LogP) is 2.19. The monoisotopic (exact) mass is 220 g/mol. The second kappa shape index (κ2) is 4.22. The Morgan fingerprint density at radius 3 is 2.94 bits per heavy atom. The maximum atomic E-state index is 10.7.